The number of ether oxygens (including phenoxy) is 2. The molecule has 0 unspecified atom stereocenters. The Morgan fingerprint density at radius 1 is 0.200 bits per heavy atom. The Morgan fingerprint density at radius 3 is 0.500 bits per heavy atom. The minimum atomic E-state index is -0.884. The molecule has 0 fully saturated rings. The summed E-state index contributed by atoms with van der Waals surface area (Å²) in [5.74, 6) is 0. The SMILES string of the molecule is c1cc2cc(c1)COC13c4c5c6c7c8c9c(c%10c%11c1c1c4c4c%12c5c5c6c6c8c8c%13c9c9c%10c%10c%11c%11c1c1c4c4c%12c%12c5c5c6c8c6c8c%13c9c9c%10c%10c%11c1c1c4c4c%12c5c6c5c8c9c%10c1c45)C73OC2. The highest BCUT2D eigenvalue weighted by Crippen LogP contribution is 2.85. The maximum absolute atomic E-state index is 8.56. The molecule has 0 aromatic heterocycles. The van der Waals surface area contributed by atoms with Gasteiger partial charge in [-0.15, -0.1) is 0 Å². The second-order valence-electron chi connectivity index (χ2n) is 25.5. The zero-order valence-electron chi connectivity index (χ0n) is 35.5. The van der Waals surface area contributed by atoms with E-state index in [1.807, 2.05) is 0 Å². The first kappa shape index (κ1) is 25.8. The number of rotatable bonds is 0. The van der Waals surface area contributed by atoms with Gasteiger partial charge >= 0.3 is 0 Å². The fraction of sp³-hybridized carbons (Fsp3) is 0.0588. The molecule has 29 aromatic carbocycles. The lowest BCUT2D eigenvalue weighted by atomic mass is 9.61. The lowest BCUT2D eigenvalue weighted by molar-refractivity contribution is -0.186. The lowest BCUT2D eigenvalue weighted by Gasteiger charge is -2.52. The van der Waals surface area contributed by atoms with Gasteiger partial charge in [0.25, 0.3) is 0 Å². The van der Waals surface area contributed by atoms with Gasteiger partial charge in [-0.25, -0.2) is 0 Å². The molecule has 0 N–H and O–H groups in total. The average Bonchev–Trinajstić information content (AvgIpc) is 4.35. The van der Waals surface area contributed by atoms with E-state index in [2.05, 4.69) is 24.3 Å². The maximum atomic E-state index is 8.56. The fourth-order valence-electron chi connectivity index (χ4n) is 24.8. The first-order chi connectivity index (χ1) is 34.9. The summed E-state index contributed by atoms with van der Waals surface area (Å²) < 4.78 is 17.1. The topological polar surface area (TPSA) is 18.5 Å². The van der Waals surface area contributed by atoms with Crippen molar-refractivity contribution < 1.29 is 9.47 Å². The molecule has 4 aliphatic carbocycles. The summed E-state index contributed by atoms with van der Waals surface area (Å²) >= 11 is 0. The largest absolute Gasteiger partial charge is 0.357 e. The van der Waals surface area contributed by atoms with Gasteiger partial charge in [0.15, 0.2) is 11.2 Å². The zero-order valence-corrected chi connectivity index (χ0v) is 35.5. The third-order valence-corrected chi connectivity index (χ3v) is 25.1. The number of fused-ring (bicyclic) bond motifs is 2. The summed E-state index contributed by atoms with van der Waals surface area (Å²) in [5.41, 5.74) is 6.69. The lowest BCUT2D eigenvalue weighted by Crippen LogP contribution is -2.55. The smallest absolute Gasteiger partial charge is 0.158 e. The Labute approximate surface area is 380 Å². The quantitative estimate of drug-likeness (QED) is 0.142. The molecule has 2 nitrogen and oxygen atoms in total. The van der Waals surface area contributed by atoms with Crippen LogP contribution in [0.3, 0.4) is 0 Å². The molecule has 70 heavy (non-hydrogen) atoms. The van der Waals surface area contributed by atoms with Crippen LogP contribution in [0.15, 0.2) is 24.3 Å². The average molecular weight is 857 g/mol. The first-order valence-electron chi connectivity index (χ1n) is 26.0. The molecule has 2 spiro atoms. The van der Waals surface area contributed by atoms with Crippen molar-refractivity contribution in [2.75, 3.05) is 0 Å². The fourth-order valence-corrected chi connectivity index (χ4v) is 24.8. The first-order valence-corrected chi connectivity index (χ1v) is 26.0. The molecule has 292 valence electrons. The van der Waals surface area contributed by atoms with Crippen LogP contribution in [-0.2, 0) is 33.9 Å². The molecule has 1 aliphatic heterocycles. The van der Waals surface area contributed by atoms with Gasteiger partial charge in [-0.3, -0.25) is 0 Å². The highest BCUT2D eigenvalue weighted by molar-refractivity contribution is 6.82. The van der Waals surface area contributed by atoms with Crippen LogP contribution in [0.1, 0.15) is 33.4 Å². The molecule has 0 radical (unpaired) electrons. The Balaban J connectivity index is 1.18. The van der Waals surface area contributed by atoms with Crippen LogP contribution in [0.25, 0.3) is 291 Å². The van der Waals surface area contributed by atoms with Crippen LogP contribution in [0.2, 0.25) is 0 Å². The molecule has 2 heteroatoms. The Hall–Kier alpha value is -8.40. The summed E-state index contributed by atoms with van der Waals surface area (Å²) in [6.07, 6.45) is 0. The van der Waals surface area contributed by atoms with Gasteiger partial charge in [-0.05, 0) is 302 Å². The second-order valence-corrected chi connectivity index (χ2v) is 25.5. The van der Waals surface area contributed by atoms with Crippen molar-refractivity contribution in [2.45, 2.75) is 24.4 Å². The molecular formula is C68H8O2. The monoisotopic (exact) mass is 856 g/mol. The van der Waals surface area contributed by atoms with Crippen LogP contribution in [0, 0.1) is 0 Å². The summed E-state index contributed by atoms with van der Waals surface area (Å²) in [5, 5.41) is 86.3. The highest BCUT2D eigenvalue weighted by Gasteiger charge is 2.72. The summed E-state index contributed by atoms with van der Waals surface area (Å²) in [6, 6.07) is 9.31. The van der Waals surface area contributed by atoms with Crippen LogP contribution in [-0.4, -0.2) is 0 Å². The van der Waals surface area contributed by atoms with Crippen molar-refractivity contribution in [3.63, 3.8) is 0 Å². The zero-order chi connectivity index (χ0) is 41.3. The molecule has 0 atom stereocenters. The van der Waals surface area contributed by atoms with Crippen molar-refractivity contribution in [3.8, 4) is 0 Å². The summed E-state index contributed by atoms with van der Waals surface area (Å²) in [7, 11) is 0. The van der Waals surface area contributed by atoms with E-state index in [0.29, 0.717) is 13.2 Å². The van der Waals surface area contributed by atoms with Gasteiger partial charge in [0.2, 0.25) is 0 Å². The van der Waals surface area contributed by atoms with Crippen LogP contribution in [0.4, 0.5) is 0 Å². The van der Waals surface area contributed by atoms with Crippen molar-refractivity contribution in [2.24, 2.45) is 0 Å². The van der Waals surface area contributed by atoms with E-state index in [-0.39, 0.29) is 0 Å². The van der Waals surface area contributed by atoms with Gasteiger partial charge in [0.05, 0.1) is 13.2 Å². The van der Waals surface area contributed by atoms with Gasteiger partial charge in [-0.2, -0.15) is 0 Å². The van der Waals surface area contributed by atoms with Crippen molar-refractivity contribution in [1.82, 2.24) is 0 Å². The van der Waals surface area contributed by atoms with Crippen LogP contribution < -0.4 is 0 Å². The summed E-state index contributed by atoms with van der Waals surface area (Å²) in [6.45, 7) is 1.10. The molecule has 0 saturated heterocycles. The Kier molecular flexibility index (Phi) is 2.16. The van der Waals surface area contributed by atoms with E-state index >= 15 is 0 Å². The van der Waals surface area contributed by atoms with Gasteiger partial charge in [0, 0.05) is 22.3 Å². The number of benzene rings is 19. The molecule has 29 aromatic rings. The predicted molar refractivity (Wildman–Crippen MR) is 290 cm³/mol. The third-order valence-electron chi connectivity index (χ3n) is 25.1. The van der Waals surface area contributed by atoms with Crippen molar-refractivity contribution in [3.05, 3.63) is 57.6 Å². The normalized spacial score (nSPS) is 22.7. The maximum Gasteiger partial charge on any atom is 0.158 e. The van der Waals surface area contributed by atoms with Gasteiger partial charge < -0.3 is 9.47 Å². The predicted octanol–water partition coefficient (Wildman–Crippen LogP) is 18.0. The van der Waals surface area contributed by atoms with E-state index in [1.54, 1.807) is 248 Å². The number of hydrogen-bond acceptors (Lipinski definition) is 2. The molecule has 2 bridgehead atoms. The Bertz CT molecular complexity index is 6780. The molecule has 1 heterocycles. The minimum Gasteiger partial charge on any atom is -0.357 e. The molecule has 0 amide bonds. The second kappa shape index (κ2) is 5.86. The molecule has 5 aliphatic rings. The number of hydrogen-bond donors (Lipinski definition) is 0. The van der Waals surface area contributed by atoms with E-state index in [4.69, 9.17) is 9.47 Å². The van der Waals surface area contributed by atoms with Crippen LogP contribution >= 0.6 is 0 Å². The van der Waals surface area contributed by atoms with Crippen molar-refractivity contribution in [1.29, 1.82) is 0 Å². The van der Waals surface area contributed by atoms with E-state index < -0.39 is 11.2 Å². The standard InChI is InChI=1S/C68H8O2/c1-2-7-4-8(3-1)6-70-68-65-57-49-39-29-21-13-10-9-11-15-17(13)25-31-23(15)33-27-19(11)20-12(9)16-18-14(10)22(21)30-36-26(18)32-24(16)34-28(20)38-37(27)47-41(33)51-45(31)53(43(49)35(25)29)61(65)59(51)63-55(47)56-48(38)42(34)52-46(32)54-44(36)50(40(30)39)58(57)66(68)62(54)60(52)64(56)67(63,68)69-5-7/h1-4H,5-6H2. The van der Waals surface area contributed by atoms with Crippen molar-refractivity contribution >= 4 is 291 Å². The Morgan fingerprint density at radius 2 is 0.343 bits per heavy atom. The third kappa shape index (κ3) is 1.37. The molecule has 0 saturated carbocycles. The van der Waals surface area contributed by atoms with E-state index in [9.17, 15) is 0 Å². The minimum absolute atomic E-state index is 0.552. The molecular weight excluding hydrogens is 849 g/mol. The summed E-state index contributed by atoms with van der Waals surface area (Å²) in [4.78, 5) is 0. The molecule has 34 rings (SSSR count). The van der Waals surface area contributed by atoms with Gasteiger partial charge in [-0.1, -0.05) is 24.3 Å². The van der Waals surface area contributed by atoms with Gasteiger partial charge in [0.1, 0.15) is 0 Å². The van der Waals surface area contributed by atoms with Crippen LogP contribution in [0.5, 0.6) is 0 Å². The highest BCUT2D eigenvalue weighted by atomic mass is 16.6. The van der Waals surface area contributed by atoms with E-state index in [0.717, 1.165) is 0 Å². The van der Waals surface area contributed by atoms with E-state index in [1.165, 1.54) is 76.5 Å².